The van der Waals surface area contributed by atoms with E-state index in [1.165, 1.54) is 6.07 Å². The summed E-state index contributed by atoms with van der Waals surface area (Å²) in [5.41, 5.74) is -0.200. The van der Waals surface area contributed by atoms with Crippen molar-refractivity contribution in [1.29, 1.82) is 5.26 Å². The second-order valence-corrected chi connectivity index (χ2v) is 5.39. The summed E-state index contributed by atoms with van der Waals surface area (Å²) in [6, 6.07) is 7.90. The second-order valence-electron chi connectivity index (χ2n) is 5.39. The SMILES string of the molecule is N#Cc1ccnc(N2CCN(c3ccc(C(F)(F)F)cn3)CC2)c1. The van der Waals surface area contributed by atoms with Crippen LogP contribution in [-0.2, 0) is 6.18 Å². The Hall–Kier alpha value is -2.82. The Kier molecular flexibility index (Phi) is 4.25. The Morgan fingerprint density at radius 1 is 0.958 bits per heavy atom. The van der Waals surface area contributed by atoms with Gasteiger partial charge in [0.15, 0.2) is 0 Å². The van der Waals surface area contributed by atoms with Gasteiger partial charge < -0.3 is 9.80 Å². The van der Waals surface area contributed by atoms with Crippen molar-refractivity contribution in [1.82, 2.24) is 9.97 Å². The molecule has 0 unspecified atom stereocenters. The van der Waals surface area contributed by atoms with Crippen molar-refractivity contribution < 1.29 is 13.2 Å². The molecular formula is C16H14F3N5. The van der Waals surface area contributed by atoms with E-state index in [0.29, 0.717) is 37.6 Å². The van der Waals surface area contributed by atoms with Crippen LogP contribution in [0.5, 0.6) is 0 Å². The number of halogens is 3. The molecule has 0 radical (unpaired) electrons. The molecule has 0 amide bonds. The van der Waals surface area contributed by atoms with Crippen LogP contribution in [0.4, 0.5) is 24.8 Å². The lowest BCUT2D eigenvalue weighted by Crippen LogP contribution is -2.47. The first-order valence-corrected chi connectivity index (χ1v) is 7.37. The van der Waals surface area contributed by atoms with Gasteiger partial charge in [-0.25, -0.2) is 9.97 Å². The number of aromatic nitrogens is 2. The van der Waals surface area contributed by atoms with Crippen molar-refractivity contribution in [2.75, 3.05) is 36.0 Å². The molecule has 0 spiro atoms. The summed E-state index contributed by atoms with van der Waals surface area (Å²) in [7, 11) is 0. The number of rotatable bonds is 2. The van der Waals surface area contributed by atoms with Crippen molar-refractivity contribution in [3.8, 4) is 6.07 Å². The van der Waals surface area contributed by atoms with Gasteiger partial charge in [-0.15, -0.1) is 0 Å². The first kappa shape index (κ1) is 16.1. The Morgan fingerprint density at radius 2 is 1.62 bits per heavy atom. The first-order chi connectivity index (χ1) is 11.5. The van der Waals surface area contributed by atoms with Crippen molar-refractivity contribution in [3.63, 3.8) is 0 Å². The Morgan fingerprint density at radius 3 is 2.17 bits per heavy atom. The highest BCUT2D eigenvalue weighted by Crippen LogP contribution is 2.29. The molecule has 0 aromatic carbocycles. The van der Waals surface area contributed by atoms with Gasteiger partial charge in [-0.3, -0.25) is 0 Å². The van der Waals surface area contributed by atoms with Gasteiger partial charge in [0.1, 0.15) is 11.6 Å². The topological polar surface area (TPSA) is 56.1 Å². The Bertz CT molecular complexity index is 744. The standard InChI is InChI=1S/C16H14F3N5/c17-16(18,19)13-1-2-14(22-11-13)23-5-7-24(8-6-23)15-9-12(10-20)3-4-21-15/h1-4,9,11H,5-8H2. The van der Waals surface area contributed by atoms with Crippen LogP contribution >= 0.6 is 0 Å². The number of nitrogens with zero attached hydrogens (tertiary/aromatic N) is 5. The third-order valence-corrected chi connectivity index (χ3v) is 3.88. The van der Waals surface area contributed by atoms with E-state index >= 15 is 0 Å². The first-order valence-electron chi connectivity index (χ1n) is 7.37. The van der Waals surface area contributed by atoms with E-state index in [9.17, 15) is 13.2 Å². The molecule has 0 saturated carbocycles. The normalized spacial score (nSPS) is 15.2. The lowest BCUT2D eigenvalue weighted by Gasteiger charge is -2.36. The molecular weight excluding hydrogens is 319 g/mol. The lowest BCUT2D eigenvalue weighted by molar-refractivity contribution is -0.137. The van der Waals surface area contributed by atoms with Gasteiger partial charge in [-0.05, 0) is 24.3 Å². The van der Waals surface area contributed by atoms with Crippen LogP contribution in [0.2, 0.25) is 0 Å². The molecule has 5 nitrogen and oxygen atoms in total. The molecule has 2 aromatic rings. The minimum absolute atomic E-state index is 0.529. The van der Waals surface area contributed by atoms with E-state index in [1.54, 1.807) is 18.3 Å². The molecule has 3 heterocycles. The summed E-state index contributed by atoms with van der Waals surface area (Å²) in [6.45, 7) is 2.56. The highest BCUT2D eigenvalue weighted by molar-refractivity contribution is 5.48. The van der Waals surface area contributed by atoms with Crippen molar-refractivity contribution in [3.05, 3.63) is 47.8 Å². The molecule has 1 fully saturated rings. The minimum atomic E-state index is -4.37. The van der Waals surface area contributed by atoms with Gasteiger partial charge in [0.25, 0.3) is 0 Å². The van der Waals surface area contributed by atoms with Crippen molar-refractivity contribution in [2.45, 2.75) is 6.18 Å². The lowest BCUT2D eigenvalue weighted by atomic mass is 10.2. The molecule has 0 atom stereocenters. The summed E-state index contributed by atoms with van der Waals surface area (Å²) >= 11 is 0. The molecule has 3 rings (SSSR count). The van der Waals surface area contributed by atoms with Crippen molar-refractivity contribution in [2.24, 2.45) is 0 Å². The average molecular weight is 333 g/mol. The van der Waals surface area contributed by atoms with Crippen LogP contribution in [0.3, 0.4) is 0 Å². The molecule has 0 N–H and O–H groups in total. The Labute approximate surface area is 137 Å². The third kappa shape index (κ3) is 3.40. The predicted octanol–water partition coefficient (Wildman–Crippen LogP) is 2.69. The summed E-state index contributed by atoms with van der Waals surface area (Å²) in [5, 5.41) is 8.94. The molecule has 124 valence electrons. The van der Waals surface area contributed by atoms with Crippen LogP contribution in [-0.4, -0.2) is 36.1 Å². The summed E-state index contributed by atoms with van der Waals surface area (Å²) < 4.78 is 37.7. The average Bonchev–Trinajstić information content (AvgIpc) is 2.61. The molecule has 24 heavy (non-hydrogen) atoms. The number of hydrogen-bond donors (Lipinski definition) is 0. The van der Waals surface area contributed by atoms with Crippen LogP contribution in [0.25, 0.3) is 0 Å². The molecule has 2 aromatic heterocycles. The second kappa shape index (κ2) is 6.35. The van der Waals surface area contributed by atoms with Crippen molar-refractivity contribution >= 4 is 11.6 Å². The number of pyridine rings is 2. The maximum atomic E-state index is 12.6. The summed E-state index contributed by atoms with van der Waals surface area (Å²) in [6.07, 6.45) is -1.92. The van der Waals surface area contributed by atoms with Gasteiger partial charge in [-0.1, -0.05) is 0 Å². The predicted molar refractivity (Wildman–Crippen MR) is 82.6 cm³/mol. The van der Waals surface area contributed by atoms with Gasteiger partial charge in [0, 0.05) is 38.6 Å². The molecule has 1 aliphatic heterocycles. The smallest absolute Gasteiger partial charge is 0.353 e. The van der Waals surface area contributed by atoms with Gasteiger partial charge in [0.05, 0.1) is 17.2 Å². The van der Waals surface area contributed by atoms with Crippen LogP contribution in [0, 0.1) is 11.3 Å². The zero-order valence-electron chi connectivity index (χ0n) is 12.7. The maximum Gasteiger partial charge on any atom is 0.417 e. The molecule has 8 heteroatoms. The summed E-state index contributed by atoms with van der Waals surface area (Å²) in [5.74, 6) is 1.26. The highest BCUT2D eigenvalue weighted by atomic mass is 19.4. The highest BCUT2D eigenvalue weighted by Gasteiger charge is 2.31. The number of anilines is 2. The van der Waals surface area contributed by atoms with Crippen LogP contribution in [0.15, 0.2) is 36.7 Å². The fraction of sp³-hybridized carbons (Fsp3) is 0.312. The Balaban J connectivity index is 1.65. The van der Waals surface area contributed by atoms with E-state index < -0.39 is 11.7 Å². The fourth-order valence-electron chi connectivity index (χ4n) is 2.57. The zero-order chi connectivity index (χ0) is 17.2. The van der Waals surface area contributed by atoms with Gasteiger partial charge >= 0.3 is 6.18 Å². The third-order valence-electron chi connectivity index (χ3n) is 3.88. The van der Waals surface area contributed by atoms with E-state index in [2.05, 4.69) is 16.0 Å². The fourth-order valence-corrected chi connectivity index (χ4v) is 2.57. The van der Waals surface area contributed by atoms with Crippen LogP contribution < -0.4 is 9.80 Å². The number of nitriles is 1. The van der Waals surface area contributed by atoms with E-state index in [0.717, 1.165) is 18.1 Å². The number of alkyl halides is 3. The maximum absolute atomic E-state index is 12.6. The molecule has 0 aliphatic carbocycles. The van der Waals surface area contributed by atoms with Crippen LogP contribution in [0.1, 0.15) is 11.1 Å². The molecule has 1 saturated heterocycles. The molecule has 1 aliphatic rings. The monoisotopic (exact) mass is 333 g/mol. The zero-order valence-corrected chi connectivity index (χ0v) is 12.7. The number of hydrogen-bond acceptors (Lipinski definition) is 5. The van der Waals surface area contributed by atoms with E-state index in [4.69, 9.17) is 5.26 Å². The molecule has 0 bridgehead atoms. The number of piperazine rings is 1. The minimum Gasteiger partial charge on any atom is -0.353 e. The summed E-state index contributed by atoms with van der Waals surface area (Å²) in [4.78, 5) is 12.2. The quantitative estimate of drug-likeness (QED) is 0.846. The van der Waals surface area contributed by atoms with E-state index in [1.807, 2.05) is 9.80 Å². The van der Waals surface area contributed by atoms with Gasteiger partial charge in [0.2, 0.25) is 0 Å². The van der Waals surface area contributed by atoms with Gasteiger partial charge in [-0.2, -0.15) is 18.4 Å². The largest absolute Gasteiger partial charge is 0.417 e. The van der Waals surface area contributed by atoms with E-state index in [-0.39, 0.29) is 0 Å².